The van der Waals surface area contributed by atoms with Gasteiger partial charge in [0.2, 0.25) is 5.91 Å². The summed E-state index contributed by atoms with van der Waals surface area (Å²) < 4.78 is 0. The SMILES string of the molecule is CC(=O)N1CC2=C(C1)NCC=C2. The number of nitrogens with one attached hydrogen (secondary N) is 1. The predicted molar refractivity (Wildman–Crippen MR) is 46.4 cm³/mol. The Bertz CT molecular complexity index is 278. The molecule has 0 aromatic rings. The molecule has 2 aliphatic rings. The summed E-state index contributed by atoms with van der Waals surface area (Å²) in [6.45, 7) is 4.04. The Morgan fingerprint density at radius 3 is 3.08 bits per heavy atom. The van der Waals surface area contributed by atoms with Crippen molar-refractivity contribution in [2.24, 2.45) is 0 Å². The molecule has 12 heavy (non-hydrogen) atoms. The lowest BCUT2D eigenvalue weighted by atomic mass is 10.2. The van der Waals surface area contributed by atoms with Crippen molar-refractivity contribution in [2.45, 2.75) is 6.92 Å². The van der Waals surface area contributed by atoms with E-state index in [1.165, 1.54) is 11.3 Å². The molecule has 2 rings (SSSR count). The van der Waals surface area contributed by atoms with Crippen molar-refractivity contribution >= 4 is 5.91 Å². The van der Waals surface area contributed by atoms with Crippen molar-refractivity contribution in [1.82, 2.24) is 10.2 Å². The van der Waals surface area contributed by atoms with Gasteiger partial charge >= 0.3 is 0 Å². The summed E-state index contributed by atoms with van der Waals surface area (Å²) in [5, 5.41) is 3.26. The number of amides is 1. The molecule has 0 aromatic carbocycles. The zero-order valence-corrected chi connectivity index (χ0v) is 7.13. The van der Waals surface area contributed by atoms with E-state index in [1.807, 2.05) is 4.90 Å². The van der Waals surface area contributed by atoms with Crippen LogP contribution in [-0.4, -0.2) is 30.4 Å². The Labute approximate surface area is 71.7 Å². The molecule has 0 saturated carbocycles. The summed E-state index contributed by atoms with van der Waals surface area (Å²) in [6, 6.07) is 0. The molecule has 0 spiro atoms. The fourth-order valence-electron chi connectivity index (χ4n) is 1.58. The number of dihydropyridines is 1. The molecule has 3 heteroatoms. The number of carbonyl (C=O) groups excluding carboxylic acids is 1. The molecule has 0 unspecified atom stereocenters. The van der Waals surface area contributed by atoms with Gasteiger partial charge in [-0.3, -0.25) is 4.79 Å². The average Bonchev–Trinajstić information content (AvgIpc) is 2.46. The fourth-order valence-corrected chi connectivity index (χ4v) is 1.58. The molecule has 0 atom stereocenters. The summed E-state index contributed by atoms with van der Waals surface area (Å²) in [5.74, 6) is 0.152. The molecule has 0 radical (unpaired) electrons. The third kappa shape index (κ3) is 1.11. The highest BCUT2D eigenvalue weighted by molar-refractivity contribution is 5.75. The molecule has 0 saturated heterocycles. The van der Waals surface area contributed by atoms with E-state index in [9.17, 15) is 4.79 Å². The molecule has 0 fully saturated rings. The first-order valence-electron chi connectivity index (χ1n) is 4.15. The molecule has 64 valence electrons. The average molecular weight is 164 g/mol. The molecule has 2 heterocycles. The van der Waals surface area contributed by atoms with Crippen LogP contribution >= 0.6 is 0 Å². The second-order valence-electron chi connectivity index (χ2n) is 3.16. The van der Waals surface area contributed by atoms with Crippen molar-refractivity contribution in [1.29, 1.82) is 0 Å². The molecule has 1 amide bonds. The second kappa shape index (κ2) is 2.66. The number of nitrogens with zero attached hydrogens (tertiary/aromatic N) is 1. The van der Waals surface area contributed by atoms with Gasteiger partial charge in [0.15, 0.2) is 0 Å². The molecule has 2 aliphatic heterocycles. The van der Waals surface area contributed by atoms with Crippen LogP contribution in [0.4, 0.5) is 0 Å². The van der Waals surface area contributed by atoms with Crippen LogP contribution in [0.15, 0.2) is 23.4 Å². The summed E-state index contributed by atoms with van der Waals surface area (Å²) >= 11 is 0. The number of carbonyl (C=O) groups is 1. The third-order valence-corrected chi connectivity index (χ3v) is 2.30. The van der Waals surface area contributed by atoms with Gasteiger partial charge in [-0.25, -0.2) is 0 Å². The van der Waals surface area contributed by atoms with Crippen LogP contribution in [0.5, 0.6) is 0 Å². The molecule has 0 aliphatic carbocycles. The van der Waals surface area contributed by atoms with Crippen LogP contribution in [0, 0.1) is 0 Å². The van der Waals surface area contributed by atoms with E-state index in [-0.39, 0.29) is 5.91 Å². The van der Waals surface area contributed by atoms with E-state index in [2.05, 4.69) is 17.5 Å². The minimum absolute atomic E-state index is 0.152. The van der Waals surface area contributed by atoms with Crippen molar-refractivity contribution in [3.8, 4) is 0 Å². The van der Waals surface area contributed by atoms with Crippen molar-refractivity contribution in [2.75, 3.05) is 19.6 Å². The van der Waals surface area contributed by atoms with Crippen LogP contribution in [0.25, 0.3) is 0 Å². The first kappa shape index (κ1) is 7.40. The number of hydrogen-bond acceptors (Lipinski definition) is 2. The monoisotopic (exact) mass is 164 g/mol. The quantitative estimate of drug-likeness (QED) is 0.557. The van der Waals surface area contributed by atoms with E-state index in [1.54, 1.807) is 6.92 Å². The maximum atomic E-state index is 11.0. The Hall–Kier alpha value is -1.25. The van der Waals surface area contributed by atoms with E-state index in [4.69, 9.17) is 0 Å². The van der Waals surface area contributed by atoms with Crippen molar-refractivity contribution in [3.05, 3.63) is 23.4 Å². The lowest BCUT2D eigenvalue weighted by Crippen LogP contribution is -2.28. The van der Waals surface area contributed by atoms with Crippen molar-refractivity contribution in [3.63, 3.8) is 0 Å². The zero-order valence-electron chi connectivity index (χ0n) is 7.13. The van der Waals surface area contributed by atoms with Gasteiger partial charge in [-0.05, 0) is 5.57 Å². The zero-order chi connectivity index (χ0) is 8.55. The molecular weight excluding hydrogens is 152 g/mol. The smallest absolute Gasteiger partial charge is 0.220 e. The molecule has 3 nitrogen and oxygen atoms in total. The molecule has 0 aromatic heterocycles. The highest BCUT2D eigenvalue weighted by atomic mass is 16.2. The minimum Gasteiger partial charge on any atom is -0.383 e. The molecular formula is C9H12N2O. The maximum absolute atomic E-state index is 11.0. The van der Waals surface area contributed by atoms with Gasteiger partial charge < -0.3 is 10.2 Å². The summed E-state index contributed by atoms with van der Waals surface area (Å²) in [6.07, 6.45) is 4.19. The van der Waals surface area contributed by atoms with E-state index in [0.29, 0.717) is 0 Å². The van der Waals surface area contributed by atoms with E-state index >= 15 is 0 Å². The van der Waals surface area contributed by atoms with Gasteiger partial charge in [0.25, 0.3) is 0 Å². The highest BCUT2D eigenvalue weighted by Gasteiger charge is 2.22. The first-order chi connectivity index (χ1) is 5.77. The standard InChI is InChI=1S/C9H12N2O/c1-7(12)11-5-8-3-2-4-10-9(8)6-11/h2-3,10H,4-6H2,1H3. The van der Waals surface area contributed by atoms with Crippen LogP contribution in [0.1, 0.15) is 6.92 Å². The predicted octanol–water partition coefficient (Wildman–Crippen LogP) is 0.262. The Morgan fingerprint density at radius 2 is 2.42 bits per heavy atom. The first-order valence-corrected chi connectivity index (χ1v) is 4.15. The Balaban J connectivity index is 2.12. The Morgan fingerprint density at radius 1 is 1.58 bits per heavy atom. The van der Waals surface area contributed by atoms with E-state index < -0.39 is 0 Å². The minimum atomic E-state index is 0.152. The maximum Gasteiger partial charge on any atom is 0.220 e. The fraction of sp³-hybridized carbons (Fsp3) is 0.444. The number of hydrogen-bond donors (Lipinski definition) is 1. The Kier molecular flexibility index (Phi) is 1.64. The van der Waals surface area contributed by atoms with Crippen LogP contribution in [0.3, 0.4) is 0 Å². The van der Waals surface area contributed by atoms with Gasteiger partial charge in [0.05, 0.1) is 6.54 Å². The van der Waals surface area contributed by atoms with Gasteiger partial charge in [-0.1, -0.05) is 12.2 Å². The van der Waals surface area contributed by atoms with Crippen LogP contribution < -0.4 is 5.32 Å². The van der Waals surface area contributed by atoms with E-state index in [0.717, 1.165) is 19.6 Å². The van der Waals surface area contributed by atoms with Gasteiger partial charge in [0.1, 0.15) is 0 Å². The topological polar surface area (TPSA) is 32.3 Å². The van der Waals surface area contributed by atoms with Gasteiger partial charge in [0, 0.05) is 25.7 Å². The lowest BCUT2D eigenvalue weighted by Gasteiger charge is -2.13. The lowest BCUT2D eigenvalue weighted by molar-refractivity contribution is -0.127. The third-order valence-electron chi connectivity index (χ3n) is 2.30. The number of rotatable bonds is 0. The van der Waals surface area contributed by atoms with Crippen molar-refractivity contribution < 1.29 is 4.79 Å². The largest absolute Gasteiger partial charge is 0.383 e. The summed E-state index contributed by atoms with van der Waals surface area (Å²) in [5.41, 5.74) is 2.48. The van der Waals surface area contributed by atoms with Crippen LogP contribution in [0.2, 0.25) is 0 Å². The van der Waals surface area contributed by atoms with Crippen LogP contribution in [-0.2, 0) is 4.79 Å². The van der Waals surface area contributed by atoms with Gasteiger partial charge in [-0.15, -0.1) is 0 Å². The molecule has 0 bridgehead atoms. The second-order valence-corrected chi connectivity index (χ2v) is 3.16. The molecule has 1 N–H and O–H groups in total. The normalized spacial score (nSPS) is 20.9. The van der Waals surface area contributed by atoms with Gasteiger partial charge in [-0.2, -0.15) is 0 Å². The summed E-state index contributed by atoms with van der Waals surface area (Å²) in [4.78, 5) is 12.9. The highest BCUT2D eigenvalue weighted by Crippen LogP contribution is 2.18. The summed E-state index contributed by atoms with van der Waals surface area (Å²) in [7, 11) is 0.